The quantitative estimate of drug-likeness (QED) is 0.806. The van der Waals surface area contributed by atoms with Crippen molar-refractivity contribution in [2.75, 3.05) is 31.1 Å². The molecule has 3 rings (SSSR count). The van der Waals surface area contributed by atoms with Gasteiger partial charge in [0.2, 0.25) is 5.91 Å². The topological polar surface area (TPSA) is 47.3 Å². The van der Waals surface area contributed by atoms with E-state index in [1.807, 2.05) is 29.2 Å². The number of carbonyl (C=O) groups is 1. The third kappa shape index (κ3) is 2.28. The van der Waals surface area contributed by atoms with Gasteiger partial charge in [0.1, 0.15) is 0 Å². The molecule has 0 aromatic heterocycles. The van der Waals surface area contributed by atoms with E-state index in [0.29, 0.717) is 11.5 Å². The molecule has 2 aliphatic heterocycles. The highest BCUT2D eigenvalue weighted by atomic mass is 16.2. The van der Waals surface area contributed by atoms with E-state index in [4.69, 9.17) is 5.26 Å². The minimum atomic E-state index is 0.161. The van der Waals surface area contributed by atoms with Crippen LogP contribution < -0.4 is 4.90 Å². The van der Waals surface area contributed by atoms with Crippen molar-refractivity contribution in [1.82, 2.24) is 4.90 Å². The largest absolute Gasteiger partial charge is 0.370 e. The van der Waals surface area contributed by atoms with Crippen molar-refractivity contribution in [2.24, 2.45) is 5.92 Å². The van der Waals surface area contributed by atoms with Crippen LogP contribution >= 0.6 is 0 Å². The normalized spacial score (nSPS) is 19.1. The summed E-state index contributed by atoms with van der Waals surface area (Å²) in [6.07, 6.45) is 2.30. The molecule has 1 aromatic carbocycles. The van der Waals surface area contributed by atoms with E-state index in [1.165, 1.54) is 0 Å². The monoisotopic (exact) mass is 255 g/mol. The summed E-state index contributed by atoms with van der Waals surface area (Å²) in [7, 11) is 0. The second kappa shape index (κ2) is 4.93. The van der Waals surface area contributed by atoms with Crippen LogP contribution in [0.25, 0.3) is 0 Å². The number of likely N-dealkylation sites (tertiary alicyclic amines) is 1. The van der Waals surface area contributed by atoms with E-state index in [-0.39, 0.29) is 5.92 Å². The van der Waals surface area contributed by atoms with Gasteiger partial charge >= 0.3 is 0 Å². The lowest BCUT2D eigenvalue weighted by Gasteiger charge is -2.41. The molecule has 0 atom stereocenters. The Balaban J connectivity index is 1.57. The van der Waals surface area contributed by atoms with E-state index in [1.54, 1.807) is 0 Å². The van der Waals surface area contributed by atoms with Gasteiger partial charge in [-0.15, -0.1) is 0 Å². The number of hydrogen-bond donors (Lipinski definition) is 0. The van der Waals surface area contributed by atoms with Crippen LogP contribution in [0.5, 0.6) is 0 Å². The highest BCUT2D eigenvalue weighted by molar-refractivity contribution is 5.82. The third-order valence-electron chi connectivity index (χ3n) is 4.01. The number of hydrogen-bond acceptors (Lipinski definition) is 3. The fourth-order valence-corrected chi connectivity index (χ4v) is 2.79. The number of carbonyl (C=O) groups excluding carboxylic acids is 1. The first-order chi connectivity index (χ1) is 9.28. The molecule has 2 fully saturated rings. The molecule has 98 valence electrons. The van der Waals surface area contributed by atoms with Crippen LogP contribution in [0.4, 0.5) is 5.69 Å². The molecular formula is C15H17N3O. The molecule has 0 radical (unpaired) electrons. The van der Waals surface area contributed by atoms with Gasteiger partial charge < -0.3 is 9.80 Å². The number of rotatable bonds is 2. The zero-order valence-electron chi connectivity index (χ0n) is 10.9. The van der Waals surface area contributed by atoms with Crippen LogP contribution in [0.1, 0.15) is 18.4 Å². The average Bonchev–Trinajstić information content (AvgIpc) is 2.91. The molecule has 0 unspecified atom stereocenters. The maximum atomic E-state index is 12.2. The highest BCUT2D eigenvalue weighted by Gasteiger charge is 2.36. The highest BCUT2D eigenvalue weighted by Crippen LogP contribution is 2.27. The van der Waals surface area contributed by atoms with Gasteiger partial charge in [-0.05, 0) is 37.1 Å². The van der Waals surface area contributed by atoms with Crippen LogP contribution in [0.2, 0.25) is 0 Å². The van der Waals surface area contributed by atoms with E-state index in [2.05, 4.69) is 11.0 Å². The summed E-state index contributed by atoms with van der Waals surface area (Å²) in [6, 6.07) is 9.67. The molecule has 0 aliphatic carbocycles. The minimum Gasteiger partial charge on any atom is -0.370 e. The summed E-state index contributed by atoms with van der Waals surface area (Å²) in [5.74, 6) is 0.483. The summed E-state index contributed by atoms with van der Waals surface area (Å²) >= 11 is 0. The van der Waals surface area contributed by atoms with Gasteiger partial charge in [-0.1, -0.05) is 0 Å². The number of anilines is 1. The Kier molecular flexibility index (Phi) is 3.12. The third-order valence-corrected chi connectivity index (χ3v) is 4.01. The minimum absolute atomic E-state index is 0.161. The Morgan fingerprint density at radius 3 is 2.37 bits per heavy atom. The van der Waals surface area contributed by atoms with Gasteiger partial charge in [0.25, 0.3) is 0 Å². The van der Waals surface area contributed by atoms with E-state index in [9.17, 15) is 4.79 Å². The molecule has 0 N–H and O–H groups in total. The molecule has 2 heterocycles. The first-order valence-corrected chi connectivity index (χ1v) is 6.82. The second-order valence-corrected chi connectivity index (χ2v) is 5.29. The average molecular weight is 255 g/mol. The molecule has 2 saturated heterocycles. The van der Waals surface area contributed by atoms with Gasteiger partial charge in [-0.25, -0.2) is 0 Å². The number of amides is 1. The smallest absolute Gasteiger partial charge is 0.229 e. The van der Waals surface area contributed by atoms with Crippen LogP contribution in [0.3, 0.4) is 0 Å². The number of nitriles is 1. The summed E-state index contributed by atoms with van der Waals surface area (Å²) in [5, 5.41) is 8.76. The summed E-state index contributed by atoms with van der Waals surface area (Å²) in [6.45, 7) is 3.49. The predicted octanol–water partition coefficient (Wildman–Crippen LogP) is 1.62. The van der Waals surface area contributed by atoms with Crippen molar-refractivity contribution in [3.63, 3.8) is 0 Å². The molecule has 1 amide bonds. The van der Waals surface area contributed by atoms with Gasteiger partial charge in [0.05, 0.1) is 17.6 Å². The Bertz CT molecular complexity index is 505. The Labute approximate surface area is 113 Å². The molecule has 0 saturated carbocycles. The van der Waals surface area contributed by atoms with Crippen molar-refractivity contribution in [1.29, 1.82) is 5.26 Å². The van der Waals surface area contributed by atoms with Crippen molar-refractivity contribution in [3.8, 4) is 6.07 Å². The molecule has 4 nitrogen and oxygen atoms in total. The second-order valence-electron chi connectivity index (χ2n) is 5.29. The SMILES string of the molecule is N#Cc1ccc(N2CC(C(=O)N3CCCC3)C2)cc1. The Morgan fingerprint density at radius 1 is 1.16 bits per heavy atom. The van der Waals surface area contributed by atoms with Crippen LogP contribution in [0.15, 0.2) is 24.3 Å². The Morgan fingerprint density at radius 2 is 1.79 bits per heavy atom. The van der Waals surface area contributed by atoms with Gasteiger partial charge in [0.15, 0.2) is 0 Å². The molecule has 2 aliphatic rings. The zero-order valence-corrected chi connectivity index (χ0v) is 10.9. The molecule has 0 bridgehead atoms. The number of nitrogens with zero attached hydrogens (tertiary/aromatic N) is 3. The fourth-order valence-electron chi connectivity index (χ4n) is 2.79. The standard InChI is InChI=1S/C15H17N3O/c16-9-12-3-5-14(6-4-12)18-10-13(11-18)15(19)17-7-1-2-8-17/h3-6,13H,1-2,7-8,10-11H2. The van der Waals surface area contributed by atoms with Gasteiger partial charge in [-0.2, -0.15) is 5.26 Å². The van der Waals surface area contributed by atoms with Crippen molar-refractivity contribution in [2.45, 2.75) is 12.8 Å². The predicted molar refractivity (Wildman–Crippen MR) is 72.7 cm³/mol. The van der Waals surface area contributed by atoms with E-state index in [0.717, 1.165) is 44.7 Å². The first-order valence-electron chi connectivity index (χ1n) is 6.82. The lowest BCUT2D eigenvalue weighted by Crippen LogP contribution is -2.54. The summed E-state index contributed by atoms with van der Waals surface area (Å²) in [5.41, 5.74) is 1.78. The summed E-state index contributed by atoms with van der Waals surface area (Å²) in [4.78, 5) is 16.4. The number of benzene rings is 1. The van der Waals surface area contributed by atoms with Crippen molar-refractivity contribution >= 4 is 11.6 Å². The van der Waals surface area contributed by atoms with Crippen LogP contribution in [-0.2, 0) is 4.79 Å². The molecular weight excluding hydrogens is 238 g/mol. The van der Waals surface area contributed by atoms with Gasteiger partial charge in [-0.3, -0.25) is 4.79 Å². The van der Waals surface area contributed by atoms with Crippen molar-refractivity contribution < 1.29 is 4.79 Å². The van der Waals surface area contributed by atoms with E-state index < -0.39 is 0 Å². The lowest BCUT2D eigenvalue weighted by atomic mass is 9.97. The van der Waals surface area contributed by atoms with Crippen molar-refractivity contribution in [3.05, 3.63) is 29.8 Å². The maximum absolute atomic E-state index is 12.2. The Hall–Kier alpha value is -2.02. The lowest BCUT2D eigenvalue weighted by molar-refractivity contribution is -0.135. The van der Waals surface area contributed by atoms with Crippen LogP contribution in [0, 0.1) is 17.2 Å². The van der Waals surface area contributed by atoms with Gasteiger partial charge in [0, 0.05) is 31.9 Å². The molecule has 1 aromatic rings. The molecule has 0 spiro atoms. The fraction of sp³-hybridized carbons (Fsp3) is 0.467. The maximum Gasteiger partial charge on any atom is 0.229 e. The zero-order chi connectivity index (χ0) is 13.2. The summed E-state index contributed by atoms with van der Waals surface area (Å²) < 4.78 is 0. The molecule has 4 heteroatoms. The van der Waals surface area contributed by atoms with Crippen LogP contribution in [-0.4, -0.2) is 37.0 Å². The van der Waals surface area contributed by atoms with E-state index >= 15 is 0 Å². The molecule has 19 heavy (non-hydrogen) atoms. The first kappa shape index (κ1) is 12.0.